The summed E-state index contributed by atoms with van der Waals surface area (Å²) in [6.45, 7) is 3.75. The molecule has 1 amide bonds. The van der Waals surface area contributed by atoms with Crippen LogP contribution >= 0.6 is 11.6 Å². The van der Waals surface area contributed by atoms with E-state index in [1.807, 2.05) is 62.4 Å². The monoisotopic (exact) mass is 405 g/mol. The summed E-state index contributed by atoms with van der Waals surface area (Å²) in [6, 6.07) is 19.0. The van der Waals surface area contributed by atoms with Crippen molar-refractivity contribution in [2.45, 2.75) is 13.8 Å². The number of nitrogens with zero attached hydrogens (tertiary/aromatic N) is 1. The quantitative estimate of drug-likeness (QED) is 0.459. The Morgan fingerprint density at radius 2 is 1.90 bits per heavy atom. The first kappa shape index (κ1) is 19.0. The van der Waals surface area contributed by atoms with Gasteiger partial charge in [0, 0.05) is 16.3 Å². The van der Waals surface area contributed by atoms with Gasteiger partial charge >= 0.3 is 0 Å². The van der Waals surface area contributed by atoms with E-state index >= 15 is 0 Å². The summed E-state index contributed by atoms with van der Waals surface area (Å²) in [4.78, 5) is 20.3. The van der Waals surface area contributed by atoms with E-state index in [2.05, 4.69) is 15.3 Å². The van der Waals surface area contributed by atoms with Crippen LogP contribution in [0.4, 0.5) is 5.69 Å². The smallest absolute Gasteiger partial charge is 0.262 e. The van der Waals surface area contributed by atoms with Crippen LogP contribution in [-0.2, 0) is 4.79 Å². The van der Waals surface area contributed by atoms with Crippen LogP contribution in [0.5, 0.6) is 5.75 Å². The van der Waals surface area contributed by atoms with Crippen LogP contribution in [0.3, 0.4) is 0 Å². The van der Waals surface area contributed by atoms with Crippen molar-refractivity contribution in [3.8, 4) is 17.1 Å². The lowest BCUT2D eigenvalue weighted by molar-refractivity contribution is -0.118. The molecule has 5 nitrogen and oxygen atoms in total. The van der Waals surface area contributed by atoms with Gasteiger partial charge < -0.3 is 15.0 Å². The zero-order chi connectivity index (χ0) is 20.4. The topological polar surface area (TPSA) is 67.0 Å². The summed E-state index contributed by atoms with van der Waals surface area (Å²) in [5.41, 5.74) is 5.36. The maximum Gasteiger partial charge on any atom is 0.262 e. The van der Waals surface area contributed by atoms with E-state index in [9.17, 15) is 4.79 Å². The molecule has 0 aliphatic carbocycles. The van der Waals surface area contributed by atoms with Crippen molar-refractivity contribution in [2.24, 2.45) is 0 Å². The van der Waals surface area contributed by atoms with E-state index in [0.717, 1.165) is 39.2 Å². The van der Waals surface area contributed by atoms with Gasteiger partial charge in [0.2, 0.25) is 0 Å². The molecule has 2 N–H and O–H groups in total. The molecule has 0 saturated heterocycles. The molecule has 0 bridgehead atoms. The van der Waals surface area contributed by atoms with Crippen LogP contribution in [0, 0.1) is 13.8 Å². The first-order valence-corrected chi connectivity index (χ1v) is 9.62. The Kier molecular flexibility index (Phi) is 5.23. The number of nitrogens with one attached hydrogen (secondary N) is 2. The molecule has 4 rings (SSSR count). The van der Waals surface area contributed by atoms with Gasteiger partial charge in [-0.05, 0) is 61.4 Å². The molecular formula is C23H20ClN3O2. The standard InChI is InChI=1S/C23H20ClN3O2/c1-14-7-8-16(23-26-19-5-3-4-6-20(19)27-23)12-21(14)25-22(28)13-29-17-9-10-18(24)15(2)11-17/h3-12H,13H2,1-2H3,(H,25,28)(H,26,27). The van der Waals surface area contributed by atoms with Gasteiger partial charge in [0.1, 0.15) is 11.6 Å². The molecule has 1 aromatic heterocycles. The molecule has 0 fully saturated rings. The zero-order valence-corrected chi connectivity index (χ0v) is 16.9. The van der Waals surface area contributed by atoms with Crippen LogP contribution in [0.1, 0.15) is 11.1 Å². The predicted molar refractivity (Wildman–Crippen MR) is 117 cm³/mol. The highest BCUT2D eigenvalue weighted by Gasteiger charge is 2.10. The number of para-hydroxylation sites is 2. The Morgan fingerprint density at radius 1 is 1.07 bits per heavy atom. The number of imidazole rings is 1. The highest BCUT2D eigenvalue weighted by molar-refractivity contribution is 6.31. The van der Waals surface area contributed by atoms with E-state index in [-0.39, 0.29) is 12.5 Å². The molecule has 0 unspecified atom stereocenters. The number of amides is 1. The van der Waals surface area contributed by atoms with Crippen molar-refractivity contribution >= 4 is 34.2 Å². The highest BCUT2D eigenvalue weighted by atomic mass is 35.5. The number of carbonyl (C=O) groups is 1. The van der Waals surface area contributed by atoms with E-state index < -0.39 is 0 Å². The van der Waals surface area contributed by atoms with Crippen molar-refractivity contribution in [3.05, 3.63) is 76.8 Å². The summed E-state index contributed by atoms with van der Waals surface area (Å²) in [5.74, 6) is 1.13. The fraction of sp³-hybridized carbons (Fsp3) is 0.130. The van der Waals surface area contributed by atoms with Gasteiger partial charge in [-0.15, -0.1) is 0 Å². The molecule has 0 aliphatic heterocycles. The molecule has 29 heavy (non-hydrogen) atoms. The second-order valence-corrected chi connectivity index (χ2v) is 7.29. The summed E-state index contributed by atoms with van der Waals surface area (Å²) in [6.07, 6.45) is 0. The Morgan fingerprint density at radius 3 is 2.69 bits per heavy atom. The first-order valence-electron chi connectivity index (χ1n) is 9.24. The lowest BCUT2D eigenvalue weighted by Gasteiger charge is -2.11. The largest absolute Gasteiger partial charge is 0.484 e. The number of fused-ring (bicyclic) bond motifs is 1. The second-order valence-electron chi connectivity index (χ2n) is 6.88. The molecule has 146 valence electrons. The SMILES string of the molecule is Cc1cc(OCC(=O)Nc2cc(-c3nc4ccccc4[nH]3)ccc2C)ccc1Cl. The third-order valence-electron chi connectivity index (χ3n) is 4.67. The summed E-state index contributed by atoms with van der Waals surface area (Å²) in [5, 5.41) is 3.59. The van der Waals surface area contributed by atoms with Crippen LogP contribution in [-0.4, -0.2) is 22.5 Å². The number of hydrogen-bond donors (Lipinski definition) is 2. The third-order valence-corrected chi connectivity index (χ3v) is 5.10. The van der Waals surface area contributed by atoms with Gasteiger partial charge in [0.15, 0.2) is 6.61 Å². The van der Waals surface area contributed by atoms with Crippen molar-refractivity contribution in [3.63, 3.8) is 0 Å². The number of aryl methyl sites for hydroxylation is 2. The minimum Gasteiger partial charge on any atom is -0.484 e. The average molecular weight is 406 g/mol. The maximum atomic E-state index is 12.4. The Labute approximate surface area is 173 Å². The van der Waals surface area contributed by atoms with E-state index in [1.165, 1.54) is 0 Å². The van der Waals surface area contributed by atoms with Gasteiger partial charge in [-0.1, -0.05) is 35.9 Å². The molecule has 4 aromatic rings. The summed E-state index contributed by atoms with van der Waals surface area (Å²) < 4.78 is 5.58. The highest BCUT2D eigenvalue weighted by Crippen LogP contribution is 2.26. The molecule has 0 saturated carbocycles. The fourth-order valence-electron chi connectivity index (χ4n) is 3.04. The number of ether oxygens (including phenoxy) is 1. The number of aromatic amines is 1. The minimum absolute atomic E-state index is 0.0879. The van der Waals surface area contributed by atoms with Crippen LogP contribution in [0.15, 0.2) is 60.7 Å². The Bertz CT molecular complexity index is 1170. The van der Waals surface area contributed by atoms with Gasteiger partial charge in [0.25, 0.3) is 5.91 Å². The number of rotatable bonds is 5. The zero-order valence-electron chi connectivity index (χ0n) is 16.1. The number of anilines is 1. The molecular weight excluding hydrogens is 386 g/mol. The van der Waals surface area contributed by atoms with Gasteiger partial charge in [-0.3, -0.25) is 4.79 Å². The summed E-state index contributed by atoms with van der Waals surface area (Å²) >= 11 is 6.02. The van der Waals surface area contributed by atoms with Crippen molar-refractivity contribution in [2.75, 3.05) is 11.9 Å². The normalized spacial score (nSPS) is 10.9. The maximum absolute atomic E-state index is 12.4. The average Bonchev–Trinajstić information content (AvgIpc) is 3.15. The van der Waals surface area contributed by atoms with Crippen molar-refractivity contribution in [1.82, 2.24) is 9.97 Å². The van der Waals surface area contributed by atoms with Crippen molar-refractivity contribution in [1.29, 1.82) is 0 Å². The lowest BCUT2D eigenvalue weighted by atomic mass is 10.1. The van der Waals surface area contributed by atoms with Gasteiger partial charge in [0.05, 0.1) is 11.0 Å². The molecule has 1 heterocycles. The molecule has 0 aliphatic rings. The van der Waals surface area contributed by atoms with Crippen LogP contribution in [0.2, 0.25) is 5.02 Å². The molecule has 0 spiro atoms. The van der Waals surface area contributed by atoms with Crippen LogP contribution in [0.25, 0.3) is 22.4 Å². The number of aromatic nitrogens is 2. The van der Waals surface area contributed by atoms with E-state index in [4.69, 9.17) is 16.3 Å². The molecule has 0 atom stereocenters. The minimum atomic E-state index is -0.234. The molecule has 6 heteroatoms. The van der Waals surface area contributed by atoms with E-state index in [0.29, 0.717) is 10.8 Å². The number of benzene rings is 3. The molecule has 0 radical (unpaired) electrons. The lowest BCUT2D eigenvalue weighted by Crippen LogP contribution is -2.20. The first-order chi connectivity index (χ1) is 14.0. The number of hydrogen-bond acceptors (Lipinski definition) is 3. The third kappa shape index (κ3) is 4.25. The predicted octanol–water partition coefficient (Wildman–Crippen LogP) is 5.52. The number of H-pyrrole nitrogens is 1. The Balaban J connectivity index is 1.48. The fourth-order valence-corrected chi connectivity index (χ4v) is 3.15. The second kappa shape index (κ2) is 7.97. The van der Waals surface area contributed by atoms with Crippen molar-refractivity contribution < 1.29 is 9.53 Å². The molecule has 3 aromatic carbocycles. The van der Waals surface area contributed by atoms with Crippen LogP contribution < -0.4 is 10.1 Å². The van der Waals surface area contributed by atoms with E-state index in [1.54, 1.807) is 12.1 Å². The van der Waals surface area contributed by atoms with Gasteiger partial charge in [-0.25, -0.2) is 4.98 Å². The number of halogens is 1. The number of carbonyl (C=O) groups excluding carboxylic acids is 1. The summed E-state index contributed by atoms with van der Waals surface area (Å²) in [7, 11) is 0. The Hall–Kier alpha value is -3.31. The van der Waals surface area contributed by atoms with Gasteiger partial charge in [-0.2, -0.15) is 0 Å².